The van der Waals surface area contributed by atoms with E-state index in [-0.39, 0.29) is 25.2 Å². The van der Waals surface area contributed by atoms with Crippen molar-refractivity contribution in [3.63, 3.8) is 0 Å². The number of halogens is 1. The van der Waals surface area contributed by atoms with Gasteiger partial charge in [0.25, 0.3) is 5.91 Å². The highest BCUT2D eigenvalue weighted by molar-refractivity contribution is 7.10. The van der Waals surface area contributed by atoms with Gasteiger partial charge in [-0.05, 0) is 72.3 Å². The van der Waals surface area contributed by atoms with E-state index in [1.165, 1.54) is 29.2 Å². The van der Waals surface area contributed by atoms with Crippen LogP contribution in [0.2, 0.25) is 0 Å². The maximum Gasteiger partial charge on any atom is 0.254 e. The maximum atomic E-state index is 13.6. The molecular weight excluding hydrogens is 483 g/mol. The summed E-state index contributed by atoms with van der Waals surface area (Å²) in [6, 6.07) is 13.0. The normalized spacial score (nSPS) is 12.0. The van der Waals surface area contributed by atoms with Crippen molar-refractivity contribution in [2.45, 2.75) is 26.4 Å². The molecule has 9 heteroatoms. The number of rotatable bonds is 11. The van der Waals surface area contributed by atoms with E-state index >= 15 is 0 Å². The molecule has 1 aliphatic heterocycles. The molecule has 4 rings (SSSR count). The molecule has 36 heavy (non-hydrogen) atoms. The summed E-state index contributed by atoms with van der Waals surface area (Å²) in [5.74, 6) is 0.401. The molecule has 0 unspecified atom stereocenters. The molecule has 2 amide bonds. The van der Waals surface area contributed by atoms with Crippen LogP contribution in [-0.2, 0) is 22.6 Å². The zero-order valence-corrected chi connectivity index (χ0v) is 21.2. The summed E-state index contributed by atoms with van der Waals surface area (Å²) in [7, 11) is 1.59. The minimum atomic E-state index is -0.422. The minimum Gasteiger partial charge on any atom is -0.454 e. The van der Waals surface area contributed by atoms with Crippen LogP contribution in [0, 0.1) is 12.7 Å². The van der Waals surface area contributed by atoms with Crippen LogP contribution < -0.4 is 9.47 Å². The minimum absolute atomic E-state index is 0.102. The highest BCUT2D eigenvalue weighted by Gasteiger charge is 2.24. The summed E-state index contributed by atoms with van der Waals surface area (Å²) in [4.78, 5) is 31.2. The van der Waals surface area contributed by atoms with Gasteiger partial charge in [-0.2, -0.15) is 0 Å². The Kier molecular flexibility index (Phi) is 8.56. The van der Waals surface area contributed by atoms with Crippen LogP contribution in [-0.4, -0.2) is 55.2 Å². The van der Waals surface area contributed by atoms with E-state index in [4.69, 9.17) is 14.2 Å². The Labute approximate surface area is 214 Å². The van der Waals surface area contributed by atoms with Gasteiger partial charge in [-0.25, -0.2) is 4.39 Å². The molecule has 0 radical (unpaired) electrons. The van der Waals surface area contributed by atoms with Crippen LogP contribution in [0.3, 0.4) is 0 Å². The largest absolute Gasteiger partial charge is 0.454 e. The lowest BCUT2D eigenvalue weighted by atomic mass is 10.1. The number of nitrogens with zero attached hydrogens (tertiary/aromatic N) is 2. The van der Waals surface area contributed by atoms with E-state index < -0.39 is 5.82 Å². The fraction of sp³-hybridized carbons (Fsp3) is 0.333. The molecule has 1 aromatic heterocycles. The molecular formula is C27H29FN2O5S. The highest BCUT2D eigenvalue weighted by Crippen LogP contribution is 2.33. The molecule has 0 atom stereocenters. The predicted octanol–water partition coefficient (Wildman–Crippen LogP) is 4.63. The van der Waals surface area contributed by atoms with Gasteiger partial charge in [0.1, 0.15) is 12.4 Å². The first kappa shape index (κ1) is 25.7. The number of carbonyl (C=O) groups is 2. The number of methoxy groups -OCH3 is 1. The van der Waals surface area contributed by atoms with Gasteiger partial charge in [0.2, 0.25) is 12.7 Å². The van der Waals surface area contributed by atoms with Crippen molar-refractivity contribution in [1.82, 2.24) is 9.80 Å². The smallest absolute Gasteiger partial charge is 0.254 e. The zero-order valence-electron chi connectivity index (χ0n) is 20.4. The van der Waals surface area contributed by atoms with Crippen molar-refractivity contribution < 1.29 is 28.2 Å². The monoisotopic (exact) mass is 512 g/mol. The van der Waals surface area contributed by atoms with Crippen molar-refractivity contribution in [1.29, 1.82) is 0 Å². The molecule has 0 bridgehead atoms. The van der Waals surface area contributed by atoms with Gasteiger partial charge in [-0.15, -0.1) is 11.3 Å². The number of benzene rings is 2. The fourth-order valence-electron chi connectivity index (χ4n) is 3.92. The third-order valence-corrected chi connectivity index (χ3v) is 6.95. The zero-order chi connectivity index (χ0) is 25.5. The molecule has 0 N–H and O–H groups in total. The molecule has 0 saturated heterocycles. The number of aryl methyl sites for hydroxylation is 1. The molecule has 0 fully saturated rings. The van der Waals surface area contributed by atoms with Gasteiger partial charge in [0.15, 0.2) is 11.5 Å². The first-order valence-electron chi connectivity index (χ1n) is 11.7. The standard InChI is InChI=1S/C27H29FN2O5S/c1-19-10-13-36-25(19)16-30(15-20-4-9-23-24(14-20)35-18-34-23)26(31)17-29(11-3-12-33-2)27(32)21-5-7-22(28)8-6-21/h4-10,13-14H,3,11-12,15-18H2,1-2H3. The molecule has 7 nitrogen and oxygen atoms in total. The Balaban J connectivity index is 1.55. The Morgan fingerprint density at radius 1 is 1.03 bits per heavy atom. The average molecular weight is 513 g/mol. The Morgan fingerprint density at radius 3 is 2.53 bits per heavy atom. The molecule has 0 spiro atoms. The van der Waals surface area contributed by atoms with Gasteiger partial charge >= 0.3 is 0 Å². The first-order chi connectivity index (χ1) is 17.4. The number of hydrogen-bond acceptors (Lipinski definition) is 6. The molecule has 0 aliphatic carbocycles. The van der Waals surface area contributed by atoms with Crippen molar-refractivity contribution in [2.75, 3.05) is 33.6 Å². The van der Waals surface area contributed by atoms with Gasteiger partial charge < -0.3 is 24.0 Å². The van der Waals surface area contributed by atoms with E-state index in [2.05, 4.69) is 0 Å². The van der Waals surface area contributed by atoms with Crippen LogP contribution in [0.25, 0.3) is 0 Å². The van der Waals surface area contributed by atoms with Crippen LogP contribution in [0.4, 0.5) is 4.39 Å². The Morgan fingerprint density at radius 2 is 1.81 bits per heavy atom. The quantitative estimate of drug-likeness (QED) is 0.351. The number of amides is 2. The van der Waals surface area contributed by atoms with E-state index in [0.717, 1.165) is 16.0 Å². The Bertz CT molecular complexity index is 1200. The topological polar surface area (TPSA) is 68.3 Å². The van der Waals surface area contributed by atoms with Crippen LogP contribution in [0.15, 0.2) is 53.9 Å². The first-order valence-corrected chi connectivity index (χ1v) is 12.6. The summed E-state index contributed by atoms with van der Waals surface area (Å²) in [5.41, 5.74) is 2.35. The number of thiophene rings is 1. The van der Waals surface area contributed by atoms with Crippen molar-refractivity contribution in [3.8, 4) is 11.5 Å². The second-order valence-electron chi connectivity index (χ2n) is 8.54. The number of hydrogen-bond donors (Lipinski definition) is 0. The predicted molar refractivity (Wildman–Crippen MR) is 135 cm³/mol. The maximum absolute atomic E-state index is 13.6. The lowest BCUT2D eigenvalue weighted by molar-refractivity contribution is -0.133. The average Bonchev–Trinajstić information content (AvgIpc) is 3.51. The summed E-state index contributed by atoms with van der Waals surface area (Å²) in [6.07, 6.45) is 0.572. The van der Waals surface area contributed by atoms with E-state index in [9.17, 15) is 14.0 Å². The number of fused-ring (bicyclic) bond motifs is 1. The van der Waals surface area contributed by atoms with Gasteiger partial charge in [-0.3, -0.25) is 9.59 Å². The third-order valence-electron chi connectivity index (χ3n) is 5.95. The van der Waals surface area contributed by atoms with Gasteiger partial charge in [0, 0.05) is 37.2 Å². The molecule has 2 aromatic carbocycles. The lowest BCUT2D eigenvalue weighted by Crippen LogP contribution is -2.43. The van der Waals surface area contributed by atoms with Crippen molar-refractivity contribution >= 4 is 23.2 Å². The van der Waals surface area contributed by atoms with Crippen molar-refractivity contribution in [2.24, 2.45) is 0 Å². The van der Waals surface area contributed by atoms with Crippen LogP contribution in [0.1, 0.15) is 32.8 Å². The van der Waals surface area contributed by atoms with E-state index in [1.807, 2.05) is 36.6 Å². The van der Waals surface area contributed by atoms with Crippen LogP contribution in [0.5, 0.6) is 11.5 Å². The summed E-state index contributed by atoms with van der Waals surface area (Å²) in [6.45, 7) is 3.66. The fourth-order valence-corrected chi connectivity index (χ4v) is 4.84. The van der Waals surface area contributed by atoms with Gasteiger partial charge in [0.05, 0.1) is 6.54 Å². The molecule has 1 aliphatic rings. The van der Waals surface area contributed by atoms with Crippen molar-refractivity contribution in [3.05, 3.63) is 81.3 Å². The second-order valence-corrected chi connectivity index (χ2v) is 9.54. The molecule has 190 valence electrons. The molecule has 3 aromatic rings. The van der Waals surface area contributed by atoms with Crippen LogP contribution >= 0.6 is 11.3 Å². The molecule has 0 saturated carbocycles. The Hall–Kier alpha value is -3.43. The summed E-state index contributed by atoms with van der Waals surface area (Å²) in [5, 5.41) is 2.00. The van der Waals surface area contributed by atoms with E-state index in [0.29, 0.717) is 49.7 Å². The number of carbonyl (C=O) groups excluding carboxylic acids is 2. The SMILES string of the molecule is COCCCN(CC(=O)N(Cc1ccc2c(c1)OCO2)Cc1sccc1C)C(=O)c1ccc(F)cc1. The third kappa shape index (κ3) is 6.41. The summed E-state index contributed by atoms with van der Waals surface area (Å²) < 4.78 is 29.4. The lowest BCUT2D eigenvalue weighted by Gasteiger charge is -2.28. The summed E-state index contributed by atoms with van der Waals surface area (Å²) >= 11 is 1.60. The second kappa shape index (κ2) is 12.0. The number of ether oxygens (including phenoxy) is 3. The van der Waals surface area contributed by atoms with E-state index in [1.54, 1.807) is 23.3 Å². The molecule has 2 heterocycles. The highest BCUT2D eigenvalue weighted by atomic mass is 32.1. The van der Waals surface area contributed by atoms with Gasteiger partial charge in [-0.1, -0.05) is 6.07 Å².